The molecule has 2 rings (SSSR count). The fourth-order valence-corrected chi connectivity index (χ4v) is 1.66. The third-order valence-corrected chi connectivity index (χ3v) is 2.46. The van der Waals surface area contributed by atoms with E-state index in [4.69, 9.17) is 5.11 Å². The second kappa shape index (κ2) is 4.69. The maximum Gasteiger partial charge on any atom is 0.303 e. The number of nitrogens with one attached hydrogen (secondary N) is 1. The summed E-state index contributed by atoms with van der Waals surface area (Å²) in [5.41, 5.74) is 2.40. The third kappa shape index (κ3) is 2.63. The van der Waals surface area contributed by atoms with E-state index in [1.165, 1.54) is 0 Å². The highest BCUT2D eigenvalue weighted by Gasteiger charge is 2.09. The minimum Gasteiger partial charge on any atom is -0.508 e. The molecule has 1 heterocycles. The number of carbonyl (C=O) groups is 1. The Morgan fingerprint density at radius 2 is 2.24 bits per heavy atom. The van der Waals surface area contributed by atoms with Gasteiger partial charge < -0.3 is 10.2 Å². The summed E-state index contributed by atoms with van der Waals surface area (Å²) in [5, 5.41) is 24.7. The largest absolute Gasteiger partial charge is 0.508 e. The standard InChI is InChI=1S/C12H12N2O3/c15-9-3-1-2-8(6-9)10-7-13-14-11(10)4-5-12(16)17/h1-3,6-7,15H,4-5H2,(H,13,14)(H,16,17). The Morgan fingerprint density at radius 3 is 2.94 bits per heavy atom. The van der Waals surface area contributed by atoms with Gasteiger partial charge in [0.05, 0.1) is 12.6 Å². The van der Waals surface area contributed by atoms with Crippen LogP contribution < -0.4 is 0 Å². The average Bonchev–Trinajstić information content (AvgIpc) is 2.74. The summed E-state index contributed by atoms with van der Waals surface area (Å²) in [7, 11) is 0. The Balaban J connectivity index is 2.27. The van der Waals surface area contributed by atoms with Gasteiger partial charge in [0.25, 0.3) is 0 Å². The number of carboxylic acids is 1. The van der Waals surface area contributed by atoms with Crippen molar-refractivity contribution in [3.8, 4) is 16.9 Å². The van der Waals surface area contributed by atoms with E-state index >= 15 is 0 Å². The quantitative estimate of drug-likeness (QED) is 0.750. The minimum atomic E-state index is -0.846. The van der Waals surface area contributed by atoms with Crippen molar-refractivity contribution in [3.05, 3.63) is 36.2 Å². The van der Waals surface area contributed by atoms with Gasteiger partial charge in [-0.2, -0.15) is 5.10 Å². The highest BCUT2D eigenvalue weighted by Crippen LogP contribution is 2.25. The van der Waals surface area contributed by atoms with Crippen LogP contribution in [-0.4, -0.2) is 26.4 Å². The first-order chi connectivity index (χ1) is 8.16. The maximum atomic E-state index is 10.5. The molecule has 0 atom stereocenters. The molecule has 1 aromatic heterocycles. The molecule has 0 aliphatic carbocycles. The number of aromatic hydroxyl groups is 1. The molecule has 0 spiro atoms. The summed E-state index contributed by atoms with van der Waals surface area (Å²) in [6.07, 6.45) is 2.07. The van der Waals surface area contributed by atoms with E-state index in [2.05, 4.69) is 10.2 Å². The van der Waals surface area contributed by atoms with Crippen molar-refractivity contribution in [2.45, 2.75) is 12.8 Å². The first-order valence-corrected chi connectivity index (χ1v) is 5.20. The summed E-state index contributed by atoms with van der Waals surface area (Å²) in [4.78, 5) is 10.5. The zero-order chi connectivity index (χ0) is 12.3. The maximum absolute atomic E-state index is 10.5. The van der Waals surface area contributed by atoms with Crippen molar-refractivity contribution in [1.29, 1.82) is 0 Å². The van der Waals surface area contributed by atoms with Gasteiger partial charge in [0, 0.05) is 17.7 Å². The lowest BCUT2D eigenvalue weighted by atomic mass is 10.0. The zero-order valence-electron chi connectivity index (χ0n) is 9.05. The van der Waals surface area contributed by atoms with Gasteiger partial charge in [0.2, 0.25) is 0 Å². The molecule has 17 heavy (non-hydrogen) atoms. The Kier molecular flexibility index (Phi) is 3.09. The van der Waals surface area contributed by atoms with Crippen molar-refractivity contribution < 1.29 is 15.0 Å². The number of phenols is 1. The number of aromatic amines is 1. The predicted molar refractivity (Wildman–Crippen MR) is 61.6 cm³/mol. The Labute approximate surface area is 97.7 Å². The predicted octanol–water partition coefficient (Wildman–Crippen LogP) is 1.80. The molecule has 0 fully saturated rings. The van der Waals surface area contributed by atoms with E-state index in [9.17, 15) is 9.90 Å². The molecule has 0 aliphatic heterocycles. The number of rotatable bonds is 4. The second-order valence-electron chi connectivity index (χ2n) is 3.71. The van der Waals surface area contributed by atoms with Crippen LogP contribution in [0.5, 0.6) is 5.75 Å². The molecule has 2 aromatic rings. The lowest BCUT2D eigenvalue weighted by Crippen LogP contribution is -1.98. The van der Waals surface area contributed by atoms with Crippen LogP contribution in [0.15, 0.2) is 30.5 Å². The SMILES string of the molecule is O=C(O)CCc1[nH]ncc1-c1cccc(O)c1. The first kappa shape index (κ1) is 11.2. The smallest absolute Gasteiger partial charge is 0.303 e. The van der Waals surface area contributed by atoms with Gasteiger partial charge in [-0.25, -0.2) is 0 Å². The molecule has 0 unspecified atom stereocenters. The van der Waals surface area contributed by atoms with E-state index in [-0.39, 0.29) is 12.2 Å². The molecular weight excluding hydrogens is 220 g/mol. The molecule has 0 bridgehead atoms. The summed E-state index contributed by atoms with van der Waals surface area (Å²) < 4.78 is 0. The van der Waals surface area contributed by atoms with Crippen LogP contribution in [-0.2, 0) is 11.2 Å². The molecule has 1 aromatic carbocycles. The Hall–Kier alpha value is -2.30. The van der Waals surface area contributed by atoms with Crippen LogP contribution in [0.25, 0.3) is 11.1 Å². The van der Waals surface area contributed by atoms with Crippen LogP contribution in [0, 0.1) is 0 Å². The van der Waals surface area contributed by atoms with Gasteiger partial charge >= 0.3 is 5.97 Å². The fourth-order valence-electron chi connectivity index (χ4n) is 1.66. The molecular formula is C12H12N2O3. The lowest BCUT2D eigenvalue weighted by molar-refractivity contribution is -0.136. The van der Waals surface area contributed by atoms with E-state index in [1.54, 1.807) is 24.4 Å². The molecule has 0 saturated heterocycles. The van der Waals surface area contributed by atoms with Crippen LogP contribution in [0.1, 0.15) is 12.1 Å². The lowest BCUT2D eigenvalue weighted by Gasteiger charge is -2.02. The van der Waals surface area contributed by atoms with Crippen LogP contribution in [0.4, 0.5) is 0 Å². The average molecular weight is 232 g/mol. The van der Waals surface area contributed by atoms with Crippen molar-refractivity contribution >= 4 is 5.97 Å². The number of aromatic nitrogens is 2. The van der Waals surface area contributed by atoms with Crippen molar-refractivity contribution in [3.63, 3.8) is 0 Å². The van der Waals surface area contributed by atoms with E-state index in [0.29, 0.717) is 6.42 Å². The van der Waals surface area contributed by atoms with Gasteiger partial charge in [-0.1, -0.05) is 12.1 Å². The minimum absolute atomic E-state index is 0.0496. The number of phenolic OH excluding ortho intramolecular Hbond substituents is 1. The van der Waals surface area contributed by atoms with Crippen molar-refractivity contribution in [1.82, 2.24) is 10.2 Å². The summed E-state index contributed by atoms with van der Waals surface area (Å²) in [6, 6.07) is 6.78. The van der Waals surface area contributed by atoms with Gasteiger partial charge in [-0.15, -0.1) is 0 Å². The van der Waals surface area contributed by atoms with Gasteiger partial charge in [-0.05, 0) is 17.7 Å². The van der Waals surface area contributed by atoms with Crippen molar-refractivity contribution in [2.24, 2.45) is 0 Å². The van der Waals surface area contributed by atoms with E-state index in [1.807, 2.05) is 6.07 Å². The summed E-state index contributed by atoms with van der Waals surface area (Å²) in [5.74, 6) is -0.672. The molecule has 88 valence electrons. The van der Waals surface area contributed by atoms with Gasteiger partial charge in [0.15, 0.2) is 0 Å². The topological polar surface area (TPSA) is 86.2 Å². The van der Waals surface area contributed by atoms with Gasteiger partial charge in [-0.3, -0.25) is 9.89 Å². The number of aryl methyl sites for hydroxylation is 1. The number of nitrogens with zero attached hydrogens (tertiary/aromatic N) is 1. The number of benzene rings is 1. The molecule has 3 N–H and O–H groups in total. The number of carboxylic acid groups (broad SMARTS) is 1. The summed E-state index contributed by atoms with van der Waals surface area (Å²) in [6.45, 7) is 0. The Bertz CT molecular complexity index is 534. The molecule has 0 radical (unpaired) electrons. The van der Waals surface area contributed by atoms with Crippen LogP contribution in [0.3, 0.4) is 0 Å². The van der Waals surface area contributed by atoms with E-state index < -0.39 is 5.97 Å². The summed E-state index contributed by atoms with van der Waals surface area (Å²) >= 11 is 0. The molecule has 5 heteroatoms. The third-order valence-electron chi connectivity index (χ3n) is 2.46. The normalized spacial score (nSPS) is 10.4. The zero-order valence-corrected chi connectivity index (χ0v) is 9.05. The number of hydrogen-bond donors (Lipinski definition) is 3. The highest BCUT2D eigenvalue weighted by molar-refractivity contribution is 5.69. The number of hydrogen-bond acceptors (Lipinski definition) is 3. The van der Waals surface area contributed by atoms with Crippen molar-refractivity contribution in [2.75, 3.05) is 0 Å². The fraction of sp³-hybridized carbons (Fsp3) is 0.167. The second-order valence-corrected chi connectivity index (χ2v) is 3.71. The monoisotopic (exact) mass is 232 g/mol. The highest BCUT2D eigenvalue weighted by atomic mass is 16.4. The molecule has 0 amide bonds. The molecule has 0 aliphatic rings. The van der Waals surface area contributed by atoms with E-state index in [0.717, 1.165) is 16.8 Å². The van der Waals surface area contributed by atoms with Crippen LogP contribution in [0.2, 0.25) is 0 Å². The molecule has 0 saturated carbocycles. The first-order valence-electron chi connectivity index (χ1n) is 5.20. The molecule has 5 nitrogen and oxygen atoms in total. The van der Waals surface area contributed by atoms with Gasteiger partial charge in [0.1, 0.15) is 5.75 Å². The Morgan fingerprint density at radius 1 is 1.41 bits per heavy atom. The van der Waals surface area contributed by atoms with Crippen LogP contribution >= 0.6 is 0 Å². The number of aliphatic carboxylic acids is 1. The number of H-pyrrole nitrogens is 1.